The predicted molar refractivity (Wildman–Crippen MR) is 414 cm³/mol. The molecule has 0 amide bonds. The first-order valence-corrected chi connectivity index (χ1v) is 39.1. The van der Waals surface area contributed by atoms with Crippen LogP contribution in [0.15, 0.2) is 168 Å². The number of non-ortho nitro benzene ring substituents is 1. The van der Waals surface area contributed by atoms with Gasteiger partial charge >= 0.3 is 42.0 Å². The van der Waals surface area contributed by atoms with E-state index in [2.05, 4.69) is 0 Å². The number of benzene rings is 5. The summed E-state index contributed by atoms with van der Waals surface area (Å²) in [6.07, 6.45) is -13.5. The standard InChI is InChI=1S/C48H53NO15.C41H50O11/c1-26(30-15-11-9-12-16-30)38(62-44(54)60-33-21-19-32(20-22-33)49(56)57)43(53)61-34-24-48(55)41(63-42(52)31-17-13-10-14-18-31)39-46(7,40(51)28(3)37(27(34)2)45(48,5)6)35(58-8)23-36-47(39,25-59-36)64-29(4)50;1-22(26-15-11-9-12-16-26)32(43)37(46)50-28-20-41(47)35(51-36(45)27-17-13-10-14-18-27)33-39(7,34(44)24(3)31(23(28)2)38(41,5)6)29(48-8)19-30-40(33,21-49-30)52-25(4)42/h9-22,26,28,34-36,38-39,41,55H,23-25H2,1-8H3;9-18,22,24,28-30,32-33,35,43,47H,19-21H2,1-8H3/t26-,28+,34-,35-,36+,38+,39-,41-,46+,47-,48+;22-,24+,28-,29-,30+,32+,33-,35-,39+,40-,41+/m00/s1. The van der Waals surface area contributed by atoms with Crippen molar-refractivity contribution in [3.8, 4) is 5.75 Å². The number of hydrogen-bond acceptors (Lipinski definition) is 26. The maximum atomic E-state index is 15.5. The Labute approximate surface area is 673 Å². The lowest BCUT2D eigenvalue weighted by Crippen LogP contribution is -2.81. The number of carbonyl (C=O) groups is 9. The molecule has 13 rings (SSSR count). The molecule has 116 heavy (non-hydrogen) atoms. The third kappa shape index (κ3) is 14.3. The monoisotopic (exact) mass is 1600 g/mol. The highest BCUT2D eigenvalue weighted by Gasteiger charge is 2.80. The van der Waals surface area contributed by atoms with Crippen molar-refractivity contribution in [2.75, 3.05) is 27.4 Å². The minimum absolute atomic E-state index is 0.0849. The number of hydrogen-bond donors (Lipinski definition) is 3. The molecule has 4 bridgehead atoms. The molecule has 5 aromatic carbocycles. The summed E-state index contributed by atoms with van der Waals surface area (Å²) in [5.41, 5.74) is -9.48. The van der Waals surface area contributed by atoms with E-state index in [0.717, 1.165) is 17.7 Å². The van der Waals surface area contributed by atoms with Crippen molar-refractivity contribution in [1.29, 1.82) is 0 Å². The number of aliphatic hydroxyl groups is 3. The number of ether oxygens (including phenoxy) is 12. The fourth-order valence-electron chi connectivity index (χ4n) is 20.9. The van der Waals surface area contributed by atoms with Crippen LogP contribution in [0.25, 0.3) is 0 Å². The molecule has 27 nitrogen and oxygen atoms in total. The predicted octanol–water partition coefficient (Wildman–Crippen LogP) is 11.6. The number of rotatable bonds is 19. The molecule has 2 saturated heterocycles. The second-order valence-corrected chi connectivity index (χ2v) is 33.7. The van der Waals surface area contributed by atoms with Crippen LogP contribution in [0.1, 0.15) is 166 Å². The first-order chi connectivity index (χ1) is 54.7. The van der Waals surface area contributed by atoms with Gasteiger partial charge in [0.15, 0.2) is 17.3 Å². The molecule has 6 aliphatic carbocycles. The van der Waals surface area contributed by atoms with Gasteiger partial charge in [-0.1, -0.05) is 152 Å². The van der Waals surface area contributed by atoms with E-state index in [0.29, 0.717) is 27.9 Å². The summed E-state index contributed by atoms with van der Waals surface area (Å²) in [5, 5.41) is 49.7. The van der Waals surface area contributed by atoms with Crippen molar-refractivity contribution < 1.29 is 120 Å². The molecular formula is C89H103NO26. The van der Waals surface area contributed by atoms with Gasteiger partial charge in [0.2, 0.25) is 6.10 Å². The summed E-state index contributed by atoms with van der Waals surface area (Å²) in [4.78, 5) is 138. The van der Waals surface area contributed by atoms with Crippen LogP contribution in [0.2, 0.25) is 0 Å². The zero-order valence-electron chi connectivity index (χ0n) is 68.0. The van der Waals surface area contributed by atoms with Gasteiger partial charge in [-0.3, -0.25) is 29.3 Å². The molecule has 8 aliphatic rings. The Morgan fingerprint density at radius 3 is 1.26 bits per heavy atom. The number of nitro groups is 1. The highest BCUT2D eigenvalue weighted by Crippen LogP contribution is 2.68. The molecule has 0 radical (unpaired) electrons. The number of esters is 6. The molecule has 2 aliphatic heterocycles. The summed E-state index contributed by atoms with van der Waals surface area (Å²) in [5.74, 6) is -11.2. The first kappa shape index (κ1) is 85.5. The fraction of sp³-hybridized carbons (Fsp3) is 0.517. The maximum Gasteiger partial charge on any atom is 0.514 e. The highest BCUT2D eigenvalue weighted by molar-refractivity contribution is 5.94. The average molecular weight is 1600 g/mol. The van der Waals surface area contributed by atoms with Gasteiger partial charge in [-0.15, -0.1) is 0 Å². The van der Waals surface area contributed by atoms with Crippen LogP contribution in [0, 0.1) is 55.4 Å². The van der Waals surface area contributed by atoms with Crippen LogP contribution in [0.5, 0.6) is 5.75 Å². The second-order valence-electron chi connectivity index (χ2n) is 33.7. The van der Waals surface area contributed by atoms with Crippen molar-refractivity contribution in [3.63, 3.8) is 0 Å². The Kier molecular flexibility index (Phi) is 23.7. The van der Waals surface area contributed by atoms with Gasteiger partial charge < -0.3 is 72.2 Å². The Morgan fingerprint density at radius 1 is 0.534 bits per heavy atom. The number of Topliss-reactive ketones (excluding diaryl/α,β-unsaturated/α-hetero) is 2. The Morgan fingerprint density at radius 2 is 0.905 bits per heavy atom. The summed E-state index contributed by atoms with van der Waals surface area (Å²) < 4.78 is 73.0. The molecule has 22 atom stereocenters. The zero-order chi connectivity index (χ0) is 84.5. The summed E-state index contributed by atoms with van der Waals surface area (Å²) in [6, 6.07) is 38.9. The second kappa shape index (κ2) is 32.2. The third-order valence-corrected chi connectivity index (χ3v) is 27.0. The van der Waals surface area contributed by atoms with E-state index < -0.39 is 188 Å². The molecule has 0 aromatic heterocycles. The molecule has 5 aromatic rings. The van der Waals surface area contributed by atoms with Gasteiger partial charge in [-0.05, 0) is 97.5 Å². The van der Waals surface area contributed by atoms with E-state index in [-0.39, 0.29) is 73.0 Å². The van der Waals surface area contributed by atoms with Gasteiger partial charge in [0.1, 0.15) is 65.1 Å². The SMILES string of the molecule is CO[C@H]1C[C@H]2OC[C@@]2(OC(C)=O)[C@H]2[C@H](OC(=O)c3ccccc3)[C@]3(O)C[C@H](OC(=O)[C@H](O)[C@@H](C)c4ccccc4)C(C)=C([C@@H](C)C(=O)[C@]12C)C3(C)C.CO[C@H]1C[C@H]2OC[C@@]2(OC(C)=O)[C@H]2[C@H](OC(=O)c3ccccc3)[C@]3(O)C[C@H](OC(=O)[C@H](OC(=O)Oc4ccc([N+](=O)[O-])cc4)[C@@H](C)c4ccccc4)C(C)=C([C@@H](C)C(=O)[C@]12C)C3(C)C. The van der Waals surface area contributed by atoms with Crippen LogP contribution in [0.4, 0.5) is 10.5 Å². The third-order valence-electron chi connectivity index (χ3n) is 27.0. The molecule has 4 saturated carbocycles. The van der Waals surface area contributed by atoms with E-state index in [9.17, 15) is 59.0 Å². The average Bonchev–Trinajstić information content (AvgIpc) is 0.672. The van der Waals surface area contributed by atoms with Gasteiger partial charge in [0, 0.05) is 100 Å². The van der Waals surface area contributed by atoms with Crippen molar-refractivity contribution in [3.05, 3.63) is 200 Å². The van der Waals surface area contributed by atoms with Gasteiger partial charge in [-0.2, -0.15) is 0 Å². The van der Waals surface area contributed by atoms with E-state index in [1.54, 1.807) is 174 Å². The number of methoxy groups -OCH3 is 2. The fourth-order valence-corrected chi connectivity index (χ4v) is 20.9. The number of nitro benzene ring substituents is 1. The largest absolute Gasteiger partial charge is 0.514 e. The smallest absolute Gasteiger partial charge is 0.456 e. The normalized spacial score (nSPS) is 33.4. The van der Waals surface area contributed by atoms with Crippen LogP contribution in [-0.4, -0.2) is 185 Å². The first-order valence-electron chi connectivity index (χ1n) is 39.1. The van der Waals surface area contributed by atoms with Crippen molar-refractivity contribution in [1.82, 2.24) is 0 Å². The number of nitrogens with zero attached hydrogens (tertiary/aromatic N) is 1. The minimum Gasteiger partial charge on any atom is -0.456 e. The number of fused-ring (bicyclic) bond motifs is 10. The van der Waals surface area contributed by atoms with Crippen molar-refractivity contribution in [2.24, 2.45) is 45.3 Å². The quantitative estimate of drug-likeness (QED) is 0.0173. The van der Waals surface area contributed by atoms with Crippen LogP contribution in [0.3, 0.4) is 0 Å². The molecule has 27 heteroatoms. The van der Waals surface area contributed by atoms with Crippen molar-refractivity contribution in [2.45, 2.75) is 218 Å². The highest BCUT2D eigenvalue weighted by atomic mass is 16.7. The molecule has 2 heterocycles. The molecular weight excluding hydrogens is 1500 g/mol. The summed E-state index contributed by atoms with van der Waals surface area (Å²) in [6.45, 7) is 23.0. The Hall–Kier alpha value is -9.87. The minimum atomic E-state index is -2.17. The number of ketones is 2. The lowest BCUT2D eigenvalue weighted by molar-refractivity contribution is -0.384. The number of aliphatic hydroxyl groups excluding tert-OH is 1. The van der Waals surface area contributed by atoms with Gasteiger partial charge in [-0.25, -0.2) is 24.0 Å². The molecule has 0 spiro atoms. The number of carbonyl (C=O) groups excluding carboxylic acids is 9. The van der Waals surface area contributed by atoms with Crippen LogP contribution >= 0.6 is 0 Å². The molecule has 620 valence electrons. The van der Waals surface area contributed by atoms with E-state index in [1.165, 1.54) is 40.2 Å². The lowest BCUT2D eigenvalue weighted by atomic mass is 9.43. The molecule has 3 N–H and O–H groups in total. The van der Waals surface area contributed by atoms with Gasteiger partial charge in [0.25, 0.3) is 5.69 Å². The Balaban J connectivity index is 0.000000219. The van der Waals surface area contributed by atoms with E-state index in [4.69, 9.17) is 56.8 Å². The van der Waals surface area contributed by atoms with Crippen LogP contribution < -0.4 is 4.74 Å². The van der Waals surface area contributed by atoms with E-state index >= 15 is 9.59 Å². The summed E-state index contributed by atoms with van der Waals surface area (Å²) in [7, 11) is 2.95. The lowest BCUT2D eigenvalue weighted by Gasteiger charge is -2.68. The van der Waals surface area contributed by atoms with Gasteiger partial charge in [0.05, 0.1) is 64.1 Å². The van der Waals surface area contributed by atoms with E-state index in [1.807, 2.05) is 30.3 Å². The van der Waals surface area contributed by atoms with Crippen molar-refractivity contribution >= 4 is 59.2 Å². The van der Waals surface area contributed by atoms with Crippen LogP contribution in [-0.2, 0) is 80.9 Å². The molecule has 0 unspecified atom stereocenters. The zero-order valence-corrected chi connectivity index (χ0v) is 68.0. The molecule has 6 fully saturated rings. The Bertz CT molecular complexity index is 4680. The maximum absolute atomic E-state index is 15.5. The topological polar surface area (TPSA) is 368 Å². The summed E-state index contributed by atoms with van der Waals surface area (Å²) >= 11 is 0.